The smallest absolute Gasteiger partial charge is 0.310 e. The van der Waals surface area contributed by atoms with Crippen LogP contribution in [0.5, 0.6) is 0 Å². The molecule has 0 spiro atoms. The van der Waals surface area contributed by atoms with Crippen LogP contribution < -0.4 is 5.32 Å². The van der Waals surface area contributed by atoms with E-state index in [9.17, 15) is 9.59 Å². The van der Waals surface area contributed by atoms with Gasteiger partial charge in [0.25, 0.3) is 0 Å². The standard InChI is InChI=1S/C19H27NO4/c1-3-23-18(21)15-10-11-17(16(12-15)19(22)24-4-2)20-13-14-8-6-5-7-9-14/h5-9,15-17,20H,3-4,10-13H2,1-2H3. The van der Waals surface area contributed by atoms with Crippen LogP contribution in [0.15, 0.2) is 30.3 Å². The lowest BCUT2D eigenvalue weighted by atomic mass is 9.77. The van der Waals surface area contributed by atoms with Gasteiger partial charge < -0.3 is 14.8 Å². The van der Waals surface area contributed by atoms with Gasteiger partial charge in [-0.05, 0) is 38.7 Å². The highest BCUT2D eigenvalue weighted by Gasteiger charge is 2.39. The average molecular weight is 333 g/mol. The minimum Gasteiger partial charge on any atom is -0.466 e. The van der Waals surface area contributed by atoms with Crippen LogP contribution in [0.3, 0.4) is 0 Å². The predicted octanol–water partition coefficient (Wildman–Crippen LogP) is 2.69. The fraction of sp³-hybridized carbons (Fsp3) is 0.579. The molecule has 0 aliphatic heterocycles. The molecule has 1 N–H and O–H groups in total. The van der Waals surface area contributed by atoms with Crippen LogP contribution in [0, 0.1) is 11.8 Å². The van der Waals surface area contributed by atoms with Crippen LogP contribution in [-0.4, -0.2) is 31.2 Å². The zero-order chi connectivity index (χ0) is 17.4. The number of carbonyl (C=O) groups is 2. The Morgan fingerprint density at radius 3 is 2.38 bits per heavy atom. The lowest BCUT2D eigenvalue weighted by Gasteiger charge is -2.34. The second-order valence-electron chi connectivity index (χ2n) is 6.09. The van der Waals surface area contributed by atoms with Gasteiger partial charge in [-0.1, -0.05) is 30.3 Å². The van der Waals surface area contributed by atoms with E-state index in [0.29, 0.717) is 26.2 Å². The number of benzene rings is 1. The molecule has 1 aliphatic carbocycles. The largest absolute Gasteiger partial charge is 0.466 e. The Kier molecular flexibility index (Phi) is 7.25. The van der Waals surface area contributed by atoms with Gasteiger partial charge in [0.1, 0.15) is 0 Å². The first-order valence-corrected chi connectivity index (χ1v) is 8.76. The fourth-order valence-corrected chi connectivity index (χ4v) is 3.24. The third-order valence-electron chi connectivity index (χ3n) is 4.47. The number of ether oxygens (including phenoxy) is 2. The van der Waals surface area contributed by atoms with E-state index in [1.807, 2.05) is 18.2 Å². The van der Waals surface area contributed by atoms with Crippen molar-refractivity contribution in [3.63, 3.8) is 0 Å². The van der Waals surface area contributed by atoms with Crippen molar-refractivity contribution >= 4 is 11.9 Å². The van der Waals surface area contributed by atoms with E-state index >= 15 is 0 Å². The molecule has 3 unspecified atom stereocenters. The highest BCUT2D eigenvalue weighted by molar-refractivity contribution is 5.77. The number of esters is 2. The number of hydrogen-bond acceptors (Lipinski definition) is 5. The summed E-state index contributed by atoms with van der Waals surface area (Å²) in [5.74, 6) is -0.948. The highest BCUT2D eigenvalue weighted by Crippen LogP contribution is 2.31. The molecule has 1 aromatic carbocycles. The SMILES string of the molecule is CCOC(=O)C1CCC(NCc2ccccc2)C(C(=O)OCC)C1. The van der Waals surface area contributed by atoms with Crippen molar-refractivity contribution < 1.29 is 19.1 Å². The predicted molar refractivity (Wildman–Crippen MR) is 91.2 cm³/mol. The van der Waals surface area contributed by atoms with Gasteiger partial charge in [0.15, 0.2) is 0 Å². The quantitative estimate of drug-likeness (QED) is 0.777. The molecule has 2 rings (SSSR count). The molecule has 1 saturated carbocycles. The lowest BCUT2D eigenvalue weighted by Crippen LogP contribution is -2.46. The molecule has 0 heterocycles. The van der Waals surface area contributed by atoms with Gasteiger partial charge in [-0.3, -0.25) is 9.59 Å². The molecule has 1 aromatic rings. The van der Waals surface area contributed by atoms with Crippen molar-refractivity contribution in [2.75, 3.05) is 13.2 Å². The molecule has 5 nitrogen and oxygen atoms in total. The molecule has 5 heteroatoms. The summed E-state index contributed by atoms with van der Waals surface area (Å²) in [6.07, 6.45) is 1.99. The maximum absolute atomic E-state index is 12.3. The van der Waals surface area contributed by atoms with Gasteiger partial charge in [0, 0.05) is 12.6 Å². The third kappa shape index (κ3) is 5.06. The molecule has 3 atom stereocenters. The van der Waals surface area contributed by atoms with Crippen molar-refractivity contribution in [1.82, 2.24) is 5.32 Å². The summed E-state index contributed by atoms with van der Waals surface area (Å²) in [7, 11) is 0. The first-order valence-electron chi connectivity index (χ1n) is 8.76. The minimum atomic E-state index is -0.309. The molecule has 0 saturated heterocycles. The van der Waals surface area contributed by atoms with Crippen molar-refractivity contribution in [3.05, 3.63) is 35.9 Å². The molecule has 1 fully saturated rings. The van der Waals surface area contributed by atoms with Gasteiger partial charge in [-0.2, -0.15) is 0 Å². The zero-order valence-corrected chi connectivity index (χ0v) is 14.5. The second-order valence-corrected chi connectivity index (χ2v) is 6.09. The van der Waals surface area contributed by atoms with E-state index in [1.54, 1.807) is 13.8 Å². The molecule has 24 heavy (non-hydrogen) atoms. The Bertz CT molecular complexity index is 531. The molecule has 132 valence electrons. The van der Waals surface area contributed by atoms with E-state index in [1.165, 1.54) is 5.56 Å². The summed E-state index contributed by atoms with van der Waals surface area (Å²) in [6, 6.07) is 10.1. The molecule has 0 aromatic heterocycles. The van der Waals surface area contributed by atoms with E-state index < -0.39 is 0 Å². The topological polar surface area (TPSA) is 64.6 Å². The Hall–Kier alpha value is -1.88. The van der Waals surface area contributed by atoms with Crippen molar-refractivity contribution in [1.29, 1.82) is 0 Å². The molecular formula is C19H27NO4. The Labute approximate surface area is 143 Å². The average Bonchev–Trinajstić information content (AvgIpc) is 2.61. The Morgan fingerprint density at radius 2 is 1.71 bits per heavy atom. The highest BCUT2D eigenvalue weighted by atomic mass is 16.5. The van der Waals surface area contributed by atoms with Crippen LogP contribution in [0.25, 0.3) is 0 Å². The summed E-state index contributed by atoms with van der Waals surface area (Å²) in [5, 5.41) is 3.47. The maximum Gasteiger partial charge on any atom is 0.310 e. The monoisotopic (exact) mass is 333 g/mol. The van der Waals surface area contributed by atoms with Crippen molar-refractivity contribution in [2.24, 2.45) is 11.8 Å². The van der Waals surface area contributed by atoms with Crippen LogP contribution in [0.4, 0.5) is 0 Å². The first-order chi connectivity index (χ1) is 11.7. The summed E-state index contributed by atoms with van der Waals surface area (Å²) < 4.78 is 10.3. The van der Waals surface area contributed by atoms with Crippen LogP contribution in [0.2, 0.25) is 0 Å². The third-order valence-corrected chi connectivity index (χ3v) is 4.47. The Morgan fingerprint density at radius 1 is 1.04 bits per heavy atom. The zero-order valence-electron chi connectivity index (χ0n) is 14.5. The van der Waals surface area contributed by atoms with Gasteiger partial charge in [-0.15, -0.1) is 0 Å². The summed E-state index contributed by atoms with van der Waals surface area (Å²) >= 11 is 0. The van der Waals surface area contributed by atoms with Gasteiger partial charge in [0.2, 0.25) is 0 Å². The summed E-state index contributed by atoms with van der Waals surface area (Å²) in [5.41, 5.74) is 1.17. The molecule has 0 amide bonds. The number of rotatable bonds is 7. The lowest BCUT2D eigenvalue weighted by molar-refractivity contribution is -0.155. The van der Waals surface area contributed by atoms with Crippen molar-refractivity contribution in [3.8, 4) is 0 Å². The van der Waals surface area contributed by atoms with E-state index in [-0.39, 0.29) is 29.8 Å². The molecule has 0 radical (unpaired) electrons. The van der Waals surface area contributed by atoms with Crippen LogP contribution >= 0.6 is 0 Å². The van der Waals surface area contributed by atoms with Crippen molar-refractivity contribution in [2.45, 2.75) is 45.7 Å². The number of hydrogen-bond donors (Lipinski definition) is 1. The molecular weight excluding hydrogens is 306 g/mol. The van der Waals surface area contributed by atoms with Crippen LogP contribution in [-0.2, 0) is 25.6 Å². The Balaban J connectivity index is 2.00. The van der Waals surface area contributed by atoms with E-state index in [2.05, 4.69) is 17.4 Å². The maximum atomic E-state index is 12.3. The normalized spacial score (nSPS) is 23.5. The molecule has 0 bridgehead atoms. The summed E-state index contributed by atoms with van der Waals surface area (Å²) in [6.45, 7) is 5.02. The fourth-order valence-electron chi connectivity index (χ4n) is 3.24. The number of nitrogens with one attached hydrogen (secondary N) is 1. The van der Waals surface area contributed by atoms with Gasteiger partial charge >= 0.3 is 11.9 Å². The van der Waals surface area contributed by atoms with Crippen LogP contribution in [0.1, 0.15) is 38.7 Å². The van der Waals surface area contributed by atoms with E-state index in [0.717, 1.165) is 12.8 Å². The van der Waals surface area contributed by atoms with E-state index in [4.69, 9.17) is 9.47 Å². The van der Waals surface area contributed by atoms with Gasteiger partial charge in [-0.25, -0.2) is 0 Å². The van der Waals surface area contributed by atoms with Gasteiger partial charge in [0.05, 0.1) is 25.0 Å². The molecule has 1 aliphatic rings. The first kappa shape index (κ1) is 18.5. The second kappa shape index (κ2) is 9.42. The number of carbonyl (C=O) groups excluding carboxylic acids is 2. The minimum absolute atomic E-state index is 0.0231. The summed E-state index contributed by atoms with van der Waals surface area (Å²) in [4.78, 5) is 24.3.